The molecule has 3 N–H and O–H groups in total. The second-order valence-electron chi connectivity index (χ2n) is 23.6. The van der Waals surface area contributed by atoms with Crippen LogP contribution in [-0.4, -0.2) is 96.7 Å². The fraction of sp³-hybridized carbons (Fsp3) is 0.938. The van der Waals surface area contributed by atoms with Gasteiger partial charge in [0.1, 0.15) is 19.3 Å². The summed E-state index contributed by atoms with van der Waals surface area (Å²) in [6, 6.07) is 0. The lowest BCUT2D eigenvalue weighted by Crippen LogP contribution is -2.30. The number of ether oxygens (including phenoxy) is 4. The van der Waals surface area contributed by atoms with Crippen LogP contribution in [0, 0.1) is 5.92 Å². The van der Waals surface area contributed by atoms with Gasteiger partial charge in [-0.1, -0.05) is 272 Å². The summed E-state index contributed by atoms with van der Waals surface area (Å²) < 4.78 is 67.8. The van der Waals surface area contributed by atoms with E-state index in [0.717, 1.165) is 102 Å². The van der Waals surface area contributed by atoms with Crippen molar-refractivity contribution in [1.29, 1.82) is 0 Å². The Morgan fingerprint density at radius 2 is 0.554 bits per heavy atom. The number of hydrogen-bond acceptors (Lipinski definition) is 15. The van der Waals surface area contributed by atoms with Crippen LogP contribution < -0.4 is 0 Å². The second kappa shape index (κ2) is 57.8. The van der Waals surface area contributed by atoms with Gasteiger partial charge in [0.05, 0.1) is 26.4 Å². The fourth-order valence-corrected chi connectivity index (χ4v) is 11.2. The van der Waals surface area contributed by atoms with E-state index in [1.165, 1.54) is 141 Å². The van der Waals surface area contributed by atoms with Crippen LogP contribution in [0.1, 0.15) is 324 Å². The number of carbonyl (C=O) groups excluding carboxylic acids is 4. The molecule has 0 saturated carbocycles. The average molecular weight is 1230 g/mol. The molecule has 0 spiro atoms. The Morgan fingerprint density at radius 1 is 0.325 bits per heavy atom. The Hall–Kier alpha value is -1.94. The molecule has 0 rings (SSSR count). The van der Waals surface area contributed by atoms with Crippen molar-refractivity contribution in [2.24, 2.45) is 5.92 Å². The van der Waals surface area contributed by atoms with Crippen molar-refractivity contribution in [2.75, 3.05) is 39.6 Å². The normalized spacial score (nSPS) is 14.2. The fourth-order valence-electron chi connectivity index (χ4n) is 9.58. The van der Waals surface area contributed by atoms with Crippen molar-refractivity contribution in [3.8, 4) is 0 Å². The van der Waals surface area contributed by atoms with Gasteiger partial charge in [0, 0.05) is 25.7 Å². The van der Waals surface area contributed by atoms with Gasteiger partial charge in [-0.05, 0) is 31.6 Å². The molecule has 83 heavy (non-hydrogen) atoms. The number of unbranched alkanes of at least 4 members (excludes halogenated alkanes) is 36. The van der Waals surface area contributed by atoms with Gasteiger partial charge in [-0.2, -0.15) is 0 Å². The summed E-state index contributed by atoms with van der Waals surface area (Å²) in [5.41, 5.74) is 0. The molecule has 0 bridgehead atoms. The van der Waals surface area contributed by atoms with Crippen molar-refractivity contribution in [3.05, 3.63) is 0 Å². The Morgan fingerprint density at radius 3 is 0.819 bits per heavy atom. The predicted octanol–water partition coefficient (Wildman–Crippen LogP) is 17.8. The molecular weight excluding hydrogens is 1100 g/mol. The lowest BCUT2D eigenvalue weighted by Gasteiger charge is -2.21. The van der Waals surface area contributed by atoms with Crippen molar-refractivity contribution < 1.29 is 80.2 Å². The molecule has 0 aliphatic heterocycles. The highest BCUT2D eigenvalue weighted by Crippen LogP contribution is 2.45. The first kappa shape index (κ1) is 81.1. The molecule has 0 amide bonds. The third kappa shape index (κ3) is 58.8. The predicted molar refractivity (Wildman–Crippen MR) is 331 cm³/mol. The molecule has 0 aromatic heterocycles. The van der Waals surface area contributed by atoms with Crippen molar-refractivity contribution in [1.82, 2.24) is 0 Å². The zero-order chi connectivity index (χ0) is 61.3. The molecule has 0 aromatic carbocycles. The van der Waals surface area contributed by atoms with Crippen molar-refractivity contribution in [3.63, 3.8) is 0 Å². The largest absolute Gasteiger partial charge is 0.472 e. The van der Waals surface area contributed by atoms with Crippen LogP contribution in [0.4, 0.5) is 0 Å². The van der Waals surface area contributed by atoms with E-state index in [4.69, 9.17) is 37.0 Å². The van der Waals surface area contributed by atoms with E-state index in [2.05, 4.69) is 34.6 Å². The van der Waals surface area contributed by atoms with Crippen LogP contribution in [0.15, 0.2) is 0 Å². The molecule has 0 aliphatic carbocycles. The van der Waals surface area contributed by atoms with Gasteiger partial charge < -0.3 is 33.8 Å². The monoisotopic (exact) mass is 1230 g/mol. The minimum Gasteiger partial charge on any atom is -0.462 e. The summed E-state index contributed by atoms with van der Waals surface area (Å²) in [6.07, 6.45) is 41.9. The maximum atomic E-state index is 13.0. The Bertz CT molecular complexity index is 1620. The van der Waals surface area contributed by atoms with Crippen molar-refractivity contribution in [2.45, 2.75) is 342 Å². The second-order valence-corrected chi connectivity index (χ2v) is 26.5. The zero-order valence-corrected chi connectivity index (χ0v) is 55.1. The van der Waals surface area contributed by atoms with E-state index in [-0.39, 0.29) is 25.7 Å². The van der Waals surface area contributed by atoms with E-state index in [1.54, 1.807) is 0 Å². The number of aliphatic hydroxyl groups is 1. The first-order valence-corrected chi connectivity index (χ1v) is 36.6. The highest BCUT2D eigenvalue weighted by Gasteiger charge is 2.30. The summed E-state index contributed by atoms with van der Waals surface area (Å²) in [5.74, 6) is -1.36. The molecule has 5 atom stereocenters. The summed E-state index contributed by atoms with van der Waals surface area (Å²) in [7, 11) is -9.88. The van der Waals surface area contributed by atoms with Gasteiger partial charge in [0.25, 0.3) is 0 Å². The van der Waals surface area contributed by atoms with Gasteiger partial charge in [-0.25, -0.2) is 9.13 Å². The molecule has 0 aromatic rings. The van der Waals surface area contributed by atoms with Gasteiger partial charge in [0.15, 0.2) is 12.2 Å². The average Bonchev–Trinajstić information content (AvgIpc) is 3.46. The minimum atomic E-state index is -4.94. The van der Waals surface area contributed by atoms with E-state index < -0.39 is 97.5 Å². The maximum Gasteiger partial charge on any atom is 0.472 e. The van der Waals surface area contributed by atoms with Crippen LogP contribution in [0.25, 0.3) is 0 Å². The van der Waals surface area contributed by atoms with E-state index in [0.29, 0.717) is 25.7 Å². The number of esters is 4. The summed E-state index contributed by atoms with van der Waals surface area (Å²) in [4.78, 5) is 72.0. The standard InChI is InChI=1S/C64H124O17P2/c1-6-9-12-15-17-19-21-26-30-33-38-43-48-62(67)75-54-60(81-64(69)50-45-40-35-31-27-24-22-23-25-28-32-37-41-46-57(4)5)56-79-83(72,73)77-52-58(65)51-76-82(70,71)78-55-59(53-74-61(66)47-42-36-14-11-8-3)80-63(68)49-44-39-34-29-20-18-16-13-10-7-2/h57-60,65H,6-56H2,1-5H3,(H,70,71)(H,72,73)/t58-,59+,60+/m0/s1. The number of hydrogen-bond donors (Lipinski definition) is 3. The minimum absolute atomic E-state index is 0.106. The molecule has 0 aliphatic rings. The van der Waals surface area contributed by atoms with Crippen LogP contribution >= 0.6 is 15.6 Å². The zero-order valence-electron chi connectivity index (χ0n) is 53.3. The molecule has 17 nitrogen and oxygen atoms in total. The number of rotatable bonds is 64. The summed E-state index contributed by atoms with van der Waals surface area (Å²) in [6.45, 7) is 7.12. The van der Waals surface area contributed by atoms with Gasteiger partial charge in [-0.3, -0.25) is 37.3 Å². The SMILES string of the molecule is CCCCCCCCCCCCCCC(=O)OC[C@H](COP(=O)(O)OC[C@@H](O)COP(=O)(O)OC[C@@H](COC(=O)CCCCCCC)OC(=O)CCCCCCCCCCCC)OC(=O)CCCCCCCCCCCCCCCC(C)C. The van der Waals surface area contributed by atoms with E-state index >= 15 is 0 Å². The number of aliphatic hydroxyl groups excluding tert-OH is 1. The quantitative estimate of drug-likeness (QED) is 0.0222. The van der Waals surface area contributed by atoms with Gasteiger partial charge in [-0.15, -0.1) is 0 Å². The molecule has 19 heteroatoms. The topological polar surface area (TPSA) is 237 Å². The molecule has 492 valence electrons. The van der Waals surface area contributed by atoms with Gasteiger partial charge in [0.2, 0.25) is 0 Å². The lowest BCUT2D eigenvalue weighted by molar-refractivity contribution is -0.161. The molecule has 0 fully saturated rings. The van der Waals surface area contributed by atoms with Crippen LogP contribution in [0.3, 0.4) is 0 Å². The highest BCUT2D eigenvalue weighted by atomic mass is 31.2. The molecule has 0 heterocycles. The van der Waals surface area contributed by atoms with Gasteiger partial charge >= 0.3 is 39.5 Å². The summed E-state index contributed by atoms with van der Waals surface area (Å²) in [5, 5.41) is 10.5. The van der Waals surface area contributed by atoms with Crippen LogP contribution in [-0.2, 0) is 65.4 Å². The molecule has 0 radical (unpaired) electrons. The van der Waals surface area contributed by atoms with E-state index in [9.17, 15) is 43.2 Å². The Balaban J connectivity index is 5.16. The number of carbonyl (C=O) groups is 4. The highest BCUT2D eigenvalue weighted by molar-refractivity contribution is 7.47. The number of phosphoric acid groups is 2. The smallest absolute Gasteiger partial charge is 0.462 e. The Labute approximate surface area is 505 Å². The molecular formula is C64H124O17P2. The third-order valence-corrected chi connectivity index (χ3v) is 16.7. The van der Waals surface area contributed by atoms with Crippen LogP contribution in [0.2, 0.25) is 0 Å². The third-order valence-electron chi connectivity index (χ3n) is 14.8. The first-order valence-electron chi connectivity index (χ1n) is 33.6. The number of phosphoric ester groups is 2. The maximum absolute atomic E-state index is 13.0. The van der Waals surface area contributed by atoms with Crippen molar-refractivity contribution >= 4 is 39.5 Å². The van der Waals surface area contributed by atoms with E-state index in [1.807, 2.05) is 0 Å². The molecule has 0 saturated heterocycles. The summed E-state index contributed by atoms with van der Waals surface area (Å²) >= 11 is 0. The Kier molecular flexibility index (Phi) is 56.4. The van der Waals surface area contributed by atoms with Crippen LogP contribution in [0.5, 0.6) is 0 Å². The molecule has 2 unspecified atom stereocenters. The lowest BCUT2D eigenvalue weighted by atomic mass is 10.0. The first-order chi connectivity index (χ1) is 40.0.